The predicted octanol–water partition coefficient (Wildman–Crippen LogP) is 3.75. The molecule has 0 unspecified atom stereocenters. The minimum atomic E-state index is 0.512. The minimum Gasteiger partial charge on any atom is -0.481 e. The Hall–Kier alpha value is -3.08. The molecule has 3 heterocycles. The van der Waals surface area contributed by atoms with Crippen LogP contribution in [0, 0.1) is 0 Å². The van der Waals surface area contributed by atoms with Gasteiger partial charge in [0.1, 0.15) is 12.4 Å². The van der Waals surface area contributed by atoms with Crippen molar-refractivity contribution in [3.63, 3.8) is 0 Å². The van der Waals surface area contributed by atoms with E-state index in [-0.39, 0.29) is 0 Å². The Kier molecular flexibility index (Phi) is 3.54. The molecule has 4 rings (SSSR count). The average molecular weight is 319 g/mol. The standard InChI is InChI=1S/C19H17N3O2/c1-20-17-6-5-16-15-4-3-12(9-14(15)11-24-19(16)22-17)13-7-8-21-18(10-13)23-2/h3-10H,11H2,1-2H3,(H,20,22). The van der Waals surface area contributed by atoms with Gasteiger partial charge >= 0.3 is 0 Å². The van der Waals surface area contributed by atoms with E-state index in [0.717, 1.165) is 33.6 Å². The lowest BCUT2D eigenvalue weighted by atomic mass is 9.95. The van der Waals surface area contributed by atoms with Crippen molar-refractivity contribution in [3.05, 3.63) is 54.2 Å². The van der Waals surface area contributed by atoms with Gasteiger partial charge in [-0.05, 0) is 46.5 Å². The number of hydrogen-bond acceptors (Lipinski definition) is 5. The van der Waals surface area contributed by atoms with E-state index in [1.54, 1.807) is 13.3 Å². The van der Waals surface area contributed by atoms with Crippen molar-refractivity contribution >= 4 is 5.82 Å². The summed E-state index contributed by atoms with van der Waals surface area (Å²) in [5.74, 6) is 2.08. The first kappa shape index (κ1) is 14.5. The number of nitrogens with zero attached hydrogens (tertiary/aromatic N) is 2. The summed E-state index contributed by atoms with van der Waals surface area (Å²) in [5, 5.41) is 3.03. The summed E-state index contributed by atoms with van der Waals surface area (Å²) >= 11 is 0. The van der Waals surface area contributed by atoms with Gasteiger partial charge in [0.15, 0.2) is 0 Å². The maximum absolute atomic E-state index is 5.84. The smallest absolute Gasteiger partial charge is 0.223 e. The van der Waals surface area contributed by atoms with Gasteiger partial charge in [-0.1, -0.05) is 12.1 Å². The summed E-state index contributed by atoms with van der Waals surface area (Å²) in [4.78, 5) is 8.63. The van der Waals surface area contributed by atoms with E-state index < -0.39 is 0 Å². The number of pyridine rings is 2. The van der Waals surface area contributed by atoms with E-state index in [4.69, 9.17) is 9.47 Å². The average Bonchev–Trinajstić information content (AvgIpc) is 2.66. The fourth-order valence-electron chi connectivity index (χ4n) is 2.90. The summed E-state index contributed by atoms with van der Waals surface area (Å²) < 4.78 is 11.0. The SMILES string of the molecule is CNc1ccc2c(n1)OCc1cc(-c3ccnc(OC)c3)ccc1-2. The Morgan fingerprint density at radius 2 is 1.88 bits per heavy atom. The number of fused-ring (bicyclic) bond motifs is 3. The van der Waals surface area contributed by atoms with Crippen molar-refractivity contribution in [1.82, 2.24) is 9.97 Å². The molecule has 0 radical (unpaired) electrons. The molecule has 3 aromatic rings. The van der Waals surface area contributed by atoms with Gasteiger partial charge in [-0.25, -0.2) is 4.98 Å². The number of nitrogens with one attached hydrogen (secondary N) is 1. The summed E-state index contributed by atoms with van der Waals surface area (Å²) in [6.07, 6.45) is 1.75. The summed E-state index contributed by atoms with van der Waals surface area (Å²) in [5.41, 5.74) is 5.51. The summed E-state index contributed by atoms with van der Waals surface area (Å²) in [6.45, 7) is 0.512. The molecule has 1 N–H and O–H groups in total. The van der Waals surface area contributed by atoms with E-state index in [0.29, 0.717) is 18.4 Å². The molecule has 1 aliphatic heterocycles. The first-order valence-electron chi connectivity index (χ1n) is 7.74. The maximum atomic E-state index is 5.84. The molecule has 0 bridgehead atoms. The Labute approximate surface area is 140 Å². The van der Waals surface area contributed by atoms with E-state index in [9.17, 15) is 0 Å². The van der Waals surface area contributed by atoms with Crippen LogP contribution in [0.3, 0.4) is 0 Å². The lowest BCUT2D eigenvalue weighted by molar-refractivity contribution is 0.290. The number of ether oxygens (including phenoxy) is 2. The van der Waals surface area contributed by atoms with Gasteiger partial charge in [-0.2, -0.15) is 4.98 Å². The van der Waals surface area contributed by atoms with E-state index >= 15 is 0 Å². The number of aromatic nitrogens is 2. The Morgan fingerprint density at radius 3 is 2.71 bits per heavy atom. The van der Waals surface area contributed by atoms with Crippen LogP contribution in [0.4, 0.5) is 5.82 Å². The second-order valence-corrected chi connectivity index (χ2v) is 5.55. The number of rotatable bonds is 3. The highest BCUT2D eigenvalue weighted by Gasteiger charge is 2.19. The van der Waals surface area contributed by atoms with Crippen LogP contribution >= 0.6 is 0 Å². The molecule has 0 spiro atoms. The van der Waals surface area contributed by atoms with E-state index in [1.807, 2.05) is 31.3 Å². The zero-order chi connectivity index (χ0) is 16.5. The molecule has 5 nitrogen and oxygen atoms in total. The van der Waals surface area contributed by atoms with Crippen LogP contribution in [-0.2, 0) is 6.61 Å². The predicted molar refractivity (Wildman–Crippen MR) is 93.3 cm³/mol. The zero-order valence-corrected chi connectivity index (χ0v) is 13.5. The third-order valence-electron chi connectivity index (χ3n) is 4.15. The summed E-state index contributed by atoms with van der Waals surface area (Å²) in [6, 6.07) is 14.3. The number of hydrogen-bond donors (Lipinski definition) is 1. The largest absolute Gasteiger partial charge is 0.481 e. The van der Waals surface area contributed by atoms with Crippen LogP contribution < -0.4 is 14.8 Å². The van der Waals surface area contributed by atoms with Gasteiger partial charge in [0.25, 0.3) is 0 Å². The highest BCUT2D eigenvalue weighted by atomic mass is 16.5. The second-order valence-electron chi connectivity index (χ2n) is 5.55. The molecule has 24 heavy (non-hydrogen) atoms. The van der Waals surface area contributed by atoms with Crippen molar-refractivity contribution in [2.24, 2.45) is 0 Å². The van der Waals surface area contributed by atoms with Crippen molar-refractivity contribution < 1.29 is 9.47 Å². The molecule has 0 fully saturated rings. The van der Waals surface area contributed by atoms with E-state index in [1.165, 1.54) is 0 Å². The fourth-order valence-corrected chi connectivity index (χ4v) is 2.90. The molecule has 0 aliphatic carbocycles. The van der Waals surface area contributed by atoms with E-state index in [2.05, 4.69) is 33.5 Å². The molecular weight excluding hydrogens is 302 g/mol. The molecule has 2 aromatic heterocycles. The Balaban J connectivity index is 1.76. The normalized spacial score (nSPS) is 11.9. The molecule has 0 saturated heterocycles. The highest BCUT2D eigenvalue weighted by Crippen LogP contribution is 2.38. The topological polar surface area (TPSA) is 56.3 Å². The van der Waals surface area contributed by atoms with Gasteiger partial charge in [0, 0.05) is 24.9 Å². The lowest BCUT2D eigenvalue weighted by Gasteiger charge is -2.21. The van der Waals surface area contributed by atoms with Crippen molar-refractivity contribution in [1.29, 1.82) is 0 Å². The molecule has 0 saturated carbocycles. The third kappa shape index (κ3) is 2.44. The van der Waals surface area contributed by atoms with Crippen molar-refractivity contribution in [3.8, 4) is 34.0 Å². The molecule has 1 aromatic carbocycles. The van der Waals surface area contributed by atoms with Gasteiger partial charge in [-0.3, -0.25) is 0 Å². The van der Waals surface area contributed by atoms with Crippen molar-refractivity contribution in [2.75, 3.05) is 19.5 Å². The van der Waals surface area contributed by atoms with Crippen LogP contribution in [0.15, 0.2) is 48.7 Å². The molecule has 0 amide bonds. The summed E-state index contributed by atoms with van der Waals surface area (Å²) in [7, 11) is 3.47. The van der Waals surface area contributed by atoms with Crippen LogP contribution in [0.1, 0.15) is 5.56 Å². The fraction of sp³-hybridized carbons (Fsp3) is 0.158. The van der Waals surface area contributed by atoms with Crippen LogP contribution in [0.25, 0.3) is 22.3 Å². The minimum absolute atomic E-state index is 0.512. The number of anilines is 1. The first-order valence-corrected chi connectivity index (χ1v) is 7.74. The Bertz CT molecular complexity index is 909. The maximum Gasteiger partial charge on any atom is 0.223 e. The van der Waals surface area contributed by atoms with Gasteiger partial charge in [-0.15, -0.1) is 0 Å². The third-order valence-corrected chi connectivity index (χ3v) is 4.15. The van der Waals surface area contributed by atoms with Crippen LogP contribution in [-0.4, -0.2) is 24.1 Å². The number of benzene rings is 1. The quantitative estimate of drug-likeness (QED) is 0.797. The monoisotopic (exact) mass is 319 g/mol. The highest BCUT2D eigenvalue weighted by molar-refractivity contribution is 5.78. The van der Waals surface area contributed by atoms with Crippen LogP contribution in [0.2, 0.25) is 0 Å². The molecule has 0 atom stereocenters. The second kappa shape index (κ2) is 5.85. The Morgan fingerprint density at radius 1 is 1.04 bits per heavy atom. The first-order chi connectivity index (χ1) is 11.8. The van der Waals surface area contributed by atoms with Crippen molar-refractivity contribution in [2.45, 2.75) is 6.61 Å². The molecular formula is C19H17N3O2. The van der Waals surface area contributed by atoms with Crippen LogP contribution in [0.5, 0.6) is 11.8 Å². The van der Waals surface area contributed by atoms with Gasteiger partial charge in [0.2, 0.25) is 11.8 Å². The van der Waals surface area contributed by atoms with Gasteiger partial charge in [0.05, 0.1) is 7.11 Å². The lowest BCUT2D eigenvalue weighted by Crippen LogP contribution is -2.08. The zero-order valence-electron chi connectivity index (χ0n) is 13.5. The molecule has 1 aliphatic rings. The molecule has 120 valence electrons. The molecule has 5 heteroatoms. The van der Waals surface area contributed by atoms with Gasteiger partial charge < -0.3 is 14.8 Å². The number of methoxy groups -OCH3 is 1.